The summed E-state index contributed by atoms with van der Waals surface area (Å²) in [5.74, 6) is -0.980. The van der Waals surface area contributed by atoms with Gasteiger partial charge < -0.3 is 10.1 Å². The smallest absolute Gasteiger partial charge is 0.355 e. The molecule has 152 valence electrons. The number of Topliss-reactive ketones (excluding diaryl/α,β-unsaturated/α-hetero) is 1. The highest BCUT2D eigenvalue weighted by Gasteiger charge is 2.39. The molecule has 1 aromatic heterocycles. The predicted octanol–water partition coefficient (Wildman–Crippen LogP) is 4.07. The summed E-state index contributed by atoms with van der Waals surface area (Å²) >= 11 is 15.8. The number of fused-ring (bicyclic) bond motifs is 1. The van der Waals surface area contributed by atoms with Crippen molar-refractivity contribution in [1.82, 2.24) is 20.2 Å². The molecule has 0 unspecified atom stereocenters. The number of hydrogen-bond donors (Lipinski definition) is 1. The number of hydrogen-bond acceptors (Lipinski definition) is 7. The summed E-state index contributed by atoms with van der Waals surface area (Å²) in [4.78, 5) is 26.1. The molecule has 0 amide bonds. The third-order valence-electron chi connectivity index (χ3n) is 4.51. The number of halogens is 3. The molecule has 1 aliphatic heterocycles. The van der Waals surface area contributed by atoms with Crippen LogP contribution in [0.1, 0.15) is 22.0 Å². The van der Waals surface area contributed by atoms with E-state index in [1.54, 1.807) is 42.5 Å². The maximum absolute atomic E-state index is 13.6. The molecule has 4 rings (SSSR count). The maximum atomic E-state index is 13.6. The number of tetrazole rings is 1. The number of carbonyl (C=O) groups is 2. The van der Waals surface area contributed by atoms with Crippen LogP contribution in [0.15, 0.2) is 58.2 Å². The van der Waals surface area contributed by atoms with Crippen molar-refractivity contribution in [1.29, 1.82) is 0 Å². The molecule has 0 fully saturated rings. The van der Waals surface area contributed by atoms with E-state index >= 15 is 0 Å². The number of ketones is 1. The van der Waals surface area contributed by atoms with Crippen molar-refractivity contribution in [2.45, 2.75) is 6.04 Å². The highest BCUT2D eigenvalue weighted by molar-refractivity contribution is 9.10. The summed E-state index contributed by atoms with van der Waals surface area (Å²) in [6.07, 6.45) is 0. The normalized spacial score (nSPS) is 15.4. The van der Waals surface area contributed by atoms with Gasteiger partial charge in [-0.25, -0.2) is 4.79 Å². The fourth-order valence-corrected chi connectivity index (χ4v) is 3.93. The van der Waals surface area contributed by atoms with E-state index in [-0.39, 0.29) is 17.2 Å². The van der Waals surface area contributed by atoms with Crippen molar-refractivity contribution in [2.75, 3.05) is 12.4 Å². The third kappa shape index (κ3) is 3.60. The lowest BCUT2D eigenvalue weighted by atomic mass is 9.89. The van der Waals surface area contributed by atoms with Crippen LogP contribution in [-0.2, 0) is 9.53 Å². The van der Waals surface area contributed by atoms with E-state index in [2.05, 4.69) is 36.8 Å². The Labute approximate surface area is 188 Å². The summed E-state index contributed by atoms with van der Waals surface area (Å²) < 4.78 is 7.09. The largest absolute Gasteiger partial charge is 0.464 e. The molecule has 3 aromatic rings. The van der Waals surface area contributed by atoms with Gasteiger partial charge >= 0.3 is 5.97 Å². The second-order valence-electron chi connectivity index (χ2n) is 6.26. The van der Waals surface area contributed by atoms with Gasteiger partial charge in [-0.3, -0.25) is 4.79 Å². The molecule has 2 aromatic carbocycles. The summed E-state index contributed by atoms with van der Waals surface area (Å²) in [6.45, 7) is 0. The van der Waals surface area contributed by atoms with Crippen LogP contribution in [0.4, 0.5) is 5.95 Å². The number of nitrogens with zero attached hydrogens (tertiary/aromatic N) is 4. The number of anilines is 1. The van der Waals surface area contributed by atoms with Gasteiger partial charge in [-0.1, -0.05) is 50.3 Å². The van der Waals surface area contributed by atoms with E-state index in [1.807, 2.05) is 0 Å². The van der Waals surface area contributed by atoms with Crippen molar-refractivity contribution < 1.29 is 14.3 Å². The predicted molar refractivity (Wildman–Crippen MR) is 114 cm³/mol. The van der Waals surface area contributed by atoms with E-state index in [0.29, 0.717) is 21.2 Å². The van der Waals surface area contributed by atoms with Crippen molar-refractivity contribution in [3.05, 3.63) is 79.4 Å². The monoisotopic (exact) mass is 507 g/mol. The molecule has 0 saturated heterocycles. The van der Waals surface area contributed by atoms with Crippen LogP contribution in [-0.4, -0.2) is 39.1 Å². The summed E-state index contributed by atoms with van der Waals surface area (Å²) in [5, 5.41) is 15.1. The number of aromatic nitrogens is 4. The van der Waals surface area contributed by atoms with Crippen LogP contribution in [0.2, 0.25) is 10.0 Å². The molecule has 2 heterocycles. The molecular weight excluding hydrogens is 497 g/mol. The Hall–Kier alpha value is -2.75. The van der Waals surface area contributed by atoms with Crippen LogP contribution in [0, 0.1) is 0 Å². The number of rotatable bonds is 4. The number of nitrogens with one attached hydrogen (secondary N) is 1. The quantitative estimate of drug-likeness (QED) is 0.419. The first kappa shape index (κ1) is 20.5. The zero-order chi connectivity index (χ0) is 21.4. The van der Waals surface area contributed by atoms with Crippen molar-refractivity contribution in [3.8, 4) is 0 Å². The first-order valence-electron chi connectivity index (χ1n) is 8.53. The van der Waals surface area contributed by atoms with Crippen LogP contribution in [0.25, 0.3) is 0 Å². The number of esters is 1. The number of ether oxygens (including phenoxy) is 1. The lowest BCUT2D eigenvalue weighted by molar-refractivity contribution is -0.136. The Morgan fingerprint density at radius 3 is 2.57 bits per heavy atom. The van der Waals surface area contributed by atoms with E-state index in [4.69, 9.17) is 27.9 Å². The topological polar surface area (TPSA) is 99.0 Å². The zero-order valence-corrected chi connectivity index (χ0v) is 18.4. The van der Waals surface area contributed by atoms with Gasteiger partial charge in [0.25, 0.3) is 0 Å². The molecule has 0 spiro atoms. The Bertz CT molecular complexity index is 1190. The van der Waals surface area contributed by atoms with Crippen molar-refractivity contribution in [2.24, 2.45) is 0 Å². The van der Waals surface area contributed by atoms with Gasteiger partial charge in [0, 0.05) is 25.6 Å². The van der Waals surface area contributed by atoms with E-state index in [9.17, 15) is 9.59 Å². The molecule has 1 atom stereocenters. The maximum Gasteiger partial charge on any atom is 0.355 e. The number of methoxy groups -OCH3 is 1. The first-order chi connectivity index (χ1) is 14.4. The highest BCUT2D eigenvalue weighted by Crippen LogP contribution is 2.40. The minimum atomic E-state index is -0.883. The molecule has 0 radical (unpaired) electrons. The Kier molecular flexibility index (Phi) is 5.59. The Morgan fingerprint density at radius 2 is 1.90 bits per heavy atom. The molecule has 0 bridgehead atoms. The van der Waals surface area contributed by atoms with Gasteiger partial charge in [-0.05, 0) is 46.8 Å². The summed E-state index contributed by atoms with van der Waals surface area (Å²) in [5.41, 5.74) is 0.887. The molecule has 0 aliphatic carbocycles. The van der Waals surface area contributed by atoms with E-state index in [1.165, 1.54) is 11.8 Å². The van der Waals surface area contributed by atoms with Crippen molar-refractivity contribution >= 4 is 56.8 Å². The van der Waals surface area contributed by atoms with Crippen LogP contribution < -0.4 is 5.32 Å². The first-order valence-corrected chi connectivity index (χ1v) is 10.1. The Balaban J connectivity index is 1.97. The number of carbonyl (C=O) groups excluding carboxylic acids is 2. The zero-order valence-electron chi connectivity index (χ0n) is 15.3. The Morgan fingerprint density at radius 1 is 1.17 bits per heavy atom. The van der Waals surface area contributed by atoms with Crippen LogP contribution in [0.5, 0.6) is 0 Å². The average Bonchev–Trinajstić information content (AvgIpc) is 3.21. The van der Waals surface area contributed by atoms with Gasteiger partial charge in [0.15, 0.2) is 5.78 Å². The van der Waals surface area contributed by atoms with E-state index in [0.717, 1.165) is 4.47 Å². The minimum Gasteiger partial charge on any atom is -0.464 e. The third-order valence-corrected chi connectivity index (χ3v) is 5.61. The van der Waals surface area contributed by atoms with Gasteiger partial charge in [-0.2, -0.15) is 4.68 Å². The van der Waals surface area contributed by atoms with E-state index < -0.39 is 17.8 Å². The number of benzene rings is 2. The van der Waals surface area contributed by atoms with Crippen molar-refractivity contribution in [3.63, 3.8) is 0 Å². The SMILES string of the molecule is COC(=O)C1=C(C(=O)c2ccc(Br)cc2)[C@H](c2ccc(Cl)cc2Cl)n2nnnc2N1. The number of allylic oxidation sites excluding steroid dienone is 1. The minimum absolute atomic E-state index is 0.0660. The van der Waals surface area contributed by atoms with Gasteiger partial charge in [-0.15, -0.1) is 0 Å². The summed E-state index contributed by atoms with van der Waals surface area (Å²) in [6, 6.07) is 10.7. The molecule has 30 heavy (non-hydrogen) atoms. The molecular formula is C19H12BrCl2N5O3. The lowest BCUT2D eigenvalue weighted by Gasteiger charge is -2.28. The molecule has 1 aliphatic rings. The van der Waals surface area contributed by atoms with Crippen LogP contribution >= 0.6 is 39.1 Å². The molecule has 0 saturated carbocycles. The average molecular weight is 509 g/mol. The van der Waals surface area contributed by atoms with Gasteiger partial charge in [0.2, 0.25) is 5.95 Å². The second-order valence-corrected chi connectivity index (χ2v) is 8.02. The molecule has 8 nitrogen and oxygen atoms in total. The highest BCUT2D eigenvalue weighted by atomic mass is 79.9. The standard InChI is InChI=1S/C19H12BrCl2N5O3/c1-30-18(29)15-14(17(28)9-2-4-10(20)5-3-9)16(27-19(23-15)24-25-26-27)12-7-6-11(21)8-13(12)22/h2-8,16H,1H3,(H,23,24,26)/t16-/m0/s1. The van der Waals surface area contributed by atoms with Gasteiger partial charge in [0.05, 0.1) is 12.7 Å². The molecule has 11 heteroatoms. The van der Waals surface area contributed by atoms with Gasteiger partial charge in [0.1, 0.15) is 11.7 Å². The second kappa shape index (κ2) is 8.17. The fraction of sp³-hybridized carbons (Fsp3) is 0.105. The lowest BCUT2D eigenvalue weighted by Crippen LogP contribution is -2.33. The fourth-order valence-electron chi connectivity index (χ4n) is 3.16. The molecule has 1 N–H and O–H groups in total. The summed E-state index contributed by atoms with van der Waals surface area (Å²) in [7, 11) is 1.22. The van der Waals surface area contributed by atoms with Crippen LogP contribution in [0.3, 0.4) is 0 Å².